The zero-order valence-corrected chi connectivity index (χ0v) is 21.9. The SMILES string of the molecule is COc1cccc(COc2nc(C)n(-c3cc(-c4ccnc(C(C)(C)C)n4)ccc3C)c(=O)c2Cl)n1. The Morgan fingerprint density at radius 2 is 1.81 bits per heavy atom. The van der Waals surface area contributed by atoms with E-state index in [1.54, 1.807) is 38.4 Å². The van der Waals surface area contributed by atoms with Crippen LogP contribution >= 0.6 is 11.6 Å². The molecule has 0 fully saturated rings. The summed E-state index contributed by atoms with van der Waals surface area (Å²) >= 11 is 6.44. The quantitative estimate of drug-likeness (QED) is 0.354. The molecule has 0 unspecified atom stereocenters. The van der Waals surface area contributed by atoms with Gasteiger partial charge >= 0.3 is 0 Å². The Bertz CT molecular complexity index is 1480. The van der Waals surface area contributed by atoms with Crippen LogP contribution in [0, 0.1) is 13.8 Å². The molecule has 0 amide bonds. The monoisotopic (exact) mass is 505 g/mol. The summed E-state index contributed by atoms with van der Waals surface area (Å²) in [6.07, 6.45) is 1.75. The number of benzene rings is 1. The van der Waals surface area contributed by atoms with Gasteiger partial charge in [-0.1, -0.05) is 50.6 Å². The first-order chi connectivity index (χ1) is 17.1. The summed E-state index contributed by atoms with van der Waals surface area (Å²) in [5, 5.41) is -0.106. The molecule has 0 saturated heterocycles. The largest absolute Gasteiger partial charge is 0.481 e. The smallest absolute Gasteiger partial charge is 0.280 e. The lowest BCUT2D eigenvalue weighted by Gasteiger charge is -2.18. The lowest BCUT2D eigenvalue weighted by atomic mass is 9.95. The lowest BCUT2D eigenvalue weighted by molar-refractivity contribution is 0.284. The third-order valence-electron chi connectivity index (χ3n) is 5.58. The number of rotatable bonds is 6. The number of ether oxygens (including phenoxy) is 2. The number of aromatic nitrogens is 5. The molecule has 8 nitrogen and oxygen atoms in total. The molecule has 0 atom stereocenters. The lowest BCUT2D eigenvalue weighted by Crippen LogP contribution is -2.24. The maximum atomic E-state index is 13.4. The molecule has 0 aliphatic rings. The summed E-state index contributed by atoms with van der Waals surface area (Å²) in [4.78, 5) is 31.3. The average Bonchev–Trinajstić information content (AvgIpc) is 2.86. The van der Waals surface area contributed by atoms with Gasteiger partial charge in [0, 0.05) is 23.2 Å². The number of nitrogens with zero attached hydrogens (tertiary/aromatic N) is 5. The van der Waals surface area contributed by atoms with Crippen LogP contribution in [-0.2, 0) is 12.0 Å². The van der Waals surface area contributed by atoms with E-state index in [9.17, 15) is 4.79 Å². The Hall–Kier alpha value is -3.78. The molecule has 3 heterocycles. The van der Waals surface area contributed by atoms with Crippen LogP contribution in [0.4, 0.5) is 0 Å². The van der Waals surface area contributed by atoms with Crippen molar-refractivity contribution in [3.63, 3.8) is 0 Å². The van der Waals surface area contributed by atoms with Crippen LogP contribution in [0.5, 0.6) is 11.8 Å². The molecule has 4 rings (SSSR count). The van der Waals surface area contributed by atoms with Crippen LogP contribution in [0.3, 0.4) is 0 Å². The normalized spacial score (nSPS) is 11.4. The number of methoxy groups -OCH3 is 1. The second-order valence-electron chi connectivity index (χ2n) is 9.40. The van der Waals surface area contributed by atoms with Crippen LogP contribution in [-0.4, -0.2) is 31.6 Å². The van der Waals surface area contributed by atoms with Gasteiger partial charge in [-0.2, -0.15) is 4.98 Å². The second kappa shape index (κ2) is 10.1. The minimum atomic E-state index is -0.420. The van der Waals surface area contributed by atoms with Gasteiger partial charge in [-0.05, 0) is 37.6 Å². The van der Waals surface area contributed by atoms with Crippen molar-refractivity contribution in [2.75, 3.05) is 7.11 Å². The predicted molar refractivity (Wildman–Crippen MR) is 139 cm³/mol. The first-order valence-corrected chi connectivity index (χ1v) is 11.8. The fraction of sp³-hybridized carbons (Fsp3) is 0.296. The fourth-order valence-electron chi connectivity index (χ4n) is 3.65. The zero-order chi connectivity index (χ0) is 26.0. The van der Waals surface area contributed by atoms with Gasteiger partial charge < -0.3 is 9.47 Å². The van der Waals surface area contributed by atoms with Gasteiger partial charge in [0.25, 0.3) is 5.56 Å². The van der Waals surface area contributed by atoms with Crippen molar-refractivity contribution in [1.29, 1.82) is 0 Å². The van der Waals surface area contributed by atoms with Crippen molar-refractivity contribution in [3.8, 4) is 28.7 Å². The van der Waals surface area contributed by atoms with Crippen LogP contribution in [0.2, 0.25) is 5.02 Å². The zero-order valence-electron chi connectivity index (χ0n) is 21.2. The highest BCUT2D eigenvalue weighted by molar-refractivity contribution is 6.31. The molecule has 186 valence electrons. The topological polar surface area (TPSA) is 92.0 Å². The Kier molecular flexibility index (Phi) is 7.08. The van der Waals surface area contributed by atoms with Gasteiger partial charge in [0.05, 0.1) is 24.2 Å². The van der Waals surface area contributed by atoms with Crippen LogP contribution in [0.1, 0.15) is 43.7 Å². The van der Waals surface area contributed by atoms with E-state index in [4.69, 9.17) is 26.1 Å². The number of pyridine rings is 1. The number of hydrogen-bond donors (Lipinski definition) is 0. The Labute approximate surface area is 215 Å². The van der Waals surface area contributed by atoms with Crippen molar-refractivity contribution in [2.24, 2.45) is 0 Å². The van der Waals surface area contributed by atoms with Crippen LogP contribution in [0.15, 0.2) is 53.5 Å². The molecule has 0 saturated carbocycles. The van der Waals surface area contributed by atoms with E-state index in [1.165, 1.54) is 4.57 Å². The van der Waals surface area contributed by atoms with Gasteiger partial charge in [-0.15, -0.1) is 0 Å². The highest BCUT2D eigenvalue weighted by Gasteiger charge is 2.20. The van der Waals surface area contributed by atoms with Crippen molar-refractivity contribution in [3.05, 3.63) is 86.9 Å². The Balaban J connectivity index is 1.71. The van der Waals surface area contributed by atoms with E-state index in [2.05, 4.69) is 35.7 Å². The molecular formula is C27H28ClN5O3. The second-order valence-corrected chi connectivity index (χ2v) is 9.77. The molecule has 0 N–H and O–H groups in total. The van der Waals surface area contributed by atoms with E-state index in [0.29, 0.717) is 23.1 Å². The van der Waals surface area contributed by atoms with E-state index >= 15 is 0 Å². The minimum Gasteiger partial charge on any atom is -0.481 e. The molecule has 36 heavy (non-hydrogen) atoms. The Morgan fingerprint density at radius 3 is 2.53 bits per heavy atom. The summed E-state index contributed by atoms with van der Waals surface area (Å²) in [7, 11) is 1.54. The van der Waals surface area contributed by atoms with Crippen molar-refractivity contribution < 1.29 is 9.47 Å². The van der Waals surface area contributed by atoms with E-state index < -0.39 is 5.56 Å². The molecule has 4 aromatic rings. The Morgan fingerprint density at radius 1 is 1.03 bits per heavy atom. The van der Waals surface area contributed by atoms with Gasteiger partial charge in [-0.25, -0.2) is 15.0 Å². The van der Waals surface area contributed by atoms with E-state index in [1.807, 2.05) is 31.2 Å². The summed E-state index contributed by atoms with van der Waals surface area (Å²) < 4.78 is 12.4. The third-order valence-corrected chi connectivity index (χ3v) is 5.91. The van der Waals surface area contributed by atoms with Crippen LogP contribution < -0.4 is 15.0 Å². The van der Waals surface area contributed by atoms with Gasteiger partial charge in [-0.3, -0.25) is 9.36 Å². The predicted octanol–water partition coefficient (Wildman–Crippen LogP) is 5.24. The van der Waals surface area contributed by atoms with E-state index in [-0.39, 0.29) is 22.9 Å². The summed E-state index contributed by atoms with van der Waals surface area (Å²) in [6.45, 7) is 9.96. The van der Waals surface area contributed by atoms with Gasteiger partial charge in [0.15, 0.2) is 5.02 Å². The number of aryl methyl sites for hydroxylation is 2. The average molecular weight is 506 g/mol. The van der Waals surface area contributed by atoms with Crippen molar-refractivity contribution in [2.45, 2.75) is 46.6 Å². The molecule has 0 radical (unpaired) electrons. The third kappa shape index (κ3) is 5.23. The molecule has 9 heteroatoms. The molecule has 0 aliphatic heterocycles. The summed E-state index contributed by atoms with van der Waals surface area (Å²) in [6, 6.07) is 13.0. The fourth-order valence-corrected chi connectivity index (χ4v) is 3.83. The van der Waals surface area contributed by atoms with Crippen LogP contribution in [0.25, 0.3) is 16.9 Å². The number of halogens is 1. The minimum absolute atomic E-state index is 0.0551. The highest BCUT2D eigenvalue weighted by Crippen LogP contribution is 2.27. The first-order valence-electron chi connectivity index (χ1n) is 11.5. The molecule has 0 bridgehead atoms. The van der Waals surface area contributed by atoms with E-state index in [0.717, 1.165) is 22.6 Å². The molecule has 0 spiro atoms. The maximum absolute atomic E-state index is 13.4. The highest BCUT2D eigenvalue weighted by atomic mass is 35.5. The number of hydrogen-bond acceptors (Lipinski definition) is 7. The molecule has 3 aromatic heterocycles. The van der Waals surface area contributed by atoms with Crippen molar-refractivity contribution in [1.82, 2.24) is 24.5 Å². The van der Waals surface area contributed by atoms with Gasteiger partial charge in [0.1, 0.15) is 18.3 Å². The standard InChI is InChI=1S/C27H28ClN5O3/c1-16-10-11-18(20-12-13-29-26(32-20)27(3,4)5)14-21(16)33-17(2)30-24(23(28)25(33)34)36-15-19-8-7-9-22(31-19)35-6/h7-14H,15H2,1-6H3. The first kappa shape index (κ1) is 25.3. The van der Waals surface area contributed by atoms with Gasteiger partial charge in [0.2, 0.25) is 11.8 Å². The molecule has 0 aliphatic carbocycles. The summed E-state index contributed by atoms with van der Waals surface area (Å²) in [5.74, 6) is 1.71. The summed E-state index contributed by atoms with van der Waals surface area (Å²) in [5.41, 5.74) is 3.20. The molecular weight excluding hydrogens is 478 g/mol. The molecule has 1 aromatic carbocycles. The van der Waals surface area contributed by atoms with Crippen molar-refractivity contribution >= 4 is 11.6 Å². The maximum Gasteiger partial charge on any atom is 0.280 e.